The van der Waals surface area contributed by atoms with Gasteiger partial charge in [-0.3, -0.25) is 4.79 Å². The maximum absolute atomic E-state index is 13.5. The molecule has 0 aromatic heterocycles. The first-order valence-electron chi connectivity index (χ1n) is 6.09. The lowest BCUT2D eigenvalue weighted by molar-refractivity contribution is -0.117. The van der Waals surface area contributed by atoms with E-state index < -0.39 is 29.1 Å². The number of carbonyl (C=O) groups is 1. The van der Waals surface area contributed by atoms with E-state index in [-0.39, 0.29) is 0 Å². The van der Waals surface area contributed by atoms with Crippen molar-refractivity contribution < 1.29 is 13.6 Å². The molecule has 0 bridgehead atoms. The second-order valence-corrected chi connectivity index (χ2v) is 4.48. The van der Waals surface area contributed by atoms with Gasteiger partial charge in [-0.15, -0.1) is 0 Å². The largest absolute Gasteiger partial charge is 0.399 e. The maximum atomic E-state index is 13.5. The molecule has 1 amide bonds. The molecular weight excluding hydrogens is 262 g/mol. The number of nitrogens with two attached hydrogens (primary N) is 1. The van der Waals surface area contributed by atoms with Gasteiger partial charge in [0.1, 0.15) is 17.3 Å². The van der Waals surface area contributed by atoms with E-state index in [4.69, 9.17) is 5.73 Å². The van der Waals surface area contributed by atoms with Crippen molar-refractivity contribution in [3.63, 3.8) is 0 Å². The molecule has 0 aliphatic heterocycles. The highest BCUT2D eigenvalue weighted by molar-refractivity contribution is 5.95. The Morgan fingerprint density at radius 3 is 2.35 bits per heavy atom. The lowest BCUT2D eigenvalue weighted by Crippen LogP contribution is -2.20. The second kappa shape index (κ2) is 5.69. The first-order valence-corrected chi connectivity index (χ1v) is 6.09. The van der Waals surface area contributed by atoms with Crippen molar-refractivity contribution in [1.29, 1.82) is 0 Å². The molecule has 3 nitrogen and oxygen atoms in total. The SMILES string of the molecule is CC(C(=O)Nc1c(F)cccc1F)c1cccc(N)c1. The third kappa shape index (κ3) is 2.93. The topological polar surface area (TPSA) is 55.1 Å². The number of hydrogen-bond acceptors (Lipinski definition) is 2. The van der Waals surface area contributed by atoms with Crippen molar-refractivity contribution in [2.75, 3.05) is 11.1 Å². The van der Waals surface area contributed by atoms with E-state index in [0.717, 1.165) is 12.1 Å². The zero-order valence-electron chi connectivity index (χ0n) is 10.9. The van der Waals surface area contributed by atoms with Gasteiger partial charge < -0.3 is 11.1 Å². The molecule has 2 rings (SSSR count). The minimum absolute atomic E-state index is 0.437. The molecule has 0 radical (unpaired) electrons. The summed E-state index contributed by atoms with van der Waals surface area (Å²) < 4.78 is 26.9. The van der Waals surface area contributed by atoms with Crippen LogP contribution in [0.1, 0.15) is 18.4 Å². The third-order valence-corrected chi connectivity index (χ3v) is 3.01. The van der Waals surface area contributed by atoms with Crippen LogP contribution in [-0.4, -0.2) is 5.91 Å². The van der Waals surface area contributed by atoms with Gasteiger partial charge in [0.05, 0.1) is 5.92 Å². The standard InChI is InChI=1S/C15H14F2N2O/c1-9(10-4-2-5-11(18)8-10)15(20)19-14-12(16)6-3-7-13(14)17/h2-9H,18H2,1H3,(H,19,20). The van der Waals surface area contributed by atoms with E-state index in [0.29, 0.717) is 11.3 Å². The minimum Gasteiger partial charge on any atom is -0.399 e. The lowest BCUT2D eigenvalue weighted by Gasteiger charge is -2.14. The van der Waals surface area contributed by atoms with Crippen LogP contribution in [-0.2, 0) is 4.79 Å². The van der Waals surface area contributed by atoms with E-state index in [2.05, 4.69) is 5.32 Å². The molecule has 2 aromatic carbocycles. The van der Waals surface area contributed by atoms with E-state index >= 15 is 0 Å². The summed E-state index contributed by atoms with van der Waals surface area (Å²) in [7, 11) is 0. The number of para-hydroxylation sites is 1. The molecule has 0 heterocycles. The first-order chi connectivity index (χ1) is 9.49. The van der Waals surface area contributed by atoms with E-state index in [1.807, 2.05) is 0 Å². The van der Waals surface area contributed by atoms with Crippen LogP contribution >= 0.6 is 0 Å². The van der Waals surface area contributed by atoms with Gasteiger partial charge in [0.25, 0.3) is 0 Å². The van der Waals surface area contributed by atoms with Gasteiger partial charge in [-0.05, 0) is 36.8 Å². The highest BCUT2D eigenvalue weighted by atomic mass is 19.1. The van der Waals surface area contributed by atoms with Gasteiger partial charge in [0.2, 0.25) is 5.91 Å². The van der Waals surface area contributed by atoms with Crippen LogP contribution in [0.15, 0.2) is 42.5 Å². The van der Waals surface area contributed by atoms with Crippen molar-refractivity contribution in [3.8, 4) is 0 Å². The lowest BCUT2D eigenvalue weighted by atomic mass is 10.00. The van der Waals surface area contributed by atoms with E-state index in [1.165, 1.54) is 6.07 Å². The number of nitrogens with one attached hydrogen (secondary N) is 1. The van der Waals surface area contributed by atoms with Crippen LogP contribution in [0.25, 0.3) is 0 Å². The van der Waals surface area contributed by atoms with Gasteiger partial charge in [-0.25, -0.2) is 8.78 Å². The summed E-state index contributed by atoms with van der Waals surface area (Å²) in [5, 5.41) is 2.27. The smallest absolute Gasteiger partial charge is 0.231 e. The molecule has 0 saturated carbocycles. The number of hydrogen-bond donors (Lipinski definition) is 2. The van der Waals surface area contributed by atoms with Crippen LogP contribution < -0.4 is 11.1 Å². The number of benzene rings is 2. The second-order valence-electron chi connectivity index (χ2n) is 4.48. The normalized spacial score (nSPS) is 11.9. The number of nitrogen functional groups attached to an aromatic ring is 1. The molecule has 0 fully saturated rings. The summed E-state index contributed by atoms with van der Waals surface area (Å²) in [5.41, 5.74) is 6.42. The fraction of sp³-hybridized carbons (Fsp3) is 0.133. The van der Waals surface area contributed by atoms with Crippen LogP contribution in [0, 0.1) is 11.6 Å². The Kier molecular flexibility index (Phi) is 3.98. The van der Waals surface area contributed by atoms with Crippen LogP contribution in [0.3, 0.4) is 0 Å². The van der Waals surface area contributed by atoms with Gasteiger partial charge in [-0.1, -0.05) is 18.2 Å². The van der Waals surface area contributed by atoms with Crippen molar-refractivity contribution in [3.05, 3.63) is 59.7 Å². The molecule has 0 aliphatic rings. The summed E-state index contributed by atoms with van der Waals surface area (Å²) in [6.07, 6.45) is 0. The highest BCUT2D eigenvalue weighted by Crippen LogP contribution is 2.23. The van der Waals surface area contributed by atoms with Crippen molar-refractivity contribution in [2.24, 2.45) is 0 Å². The Morgan fingerprint density at radius 1 is 1.15 bits per heavy atom. The number of rotatable bonds is 3. The average molecular weight is 276 g/mol. The summed E-state index contributed by atoms with van der Waals surface area (Å²) in [6.45, 7) is 1.64. The van der Waals surface area contributed by atoms with E-state index in [9.17, 15) is 13.6 Å². The Hall–Kier alpha value is -2.43. The Labute approximate surface area is 115 Å². The monoisotopic (exact) mass is 276 g/mol. The summed E-state index contributed by atoms with van der Waals surface area (Å²) in [6, 6.07) is 10.2. The van der Waals surface area contributed by atoms with Gasteiger partial charge in [0.15, 0.2) is 0 Å². The Morgan fingerprint density at radius 2 is 1.75 bits per heavy atom. The van der Waals surface area contributed by atoms with Gasteiger partial charge >= 0.3 is 0 Å². The first kappa shape index (κ1) is 14.0. The summed E-state index contributed by atoms with van der Waals surface area (Å²) in [4.78, 5) is 12.0. The molecule has 0 spiro atoms. The zero-order chi connectivity index (χ0) is 14.7. The summed E-state index contributed by atoms with van der Waals surface area (Å²) >= 11 is 0. The van der Waals surface area contributed by atoms with Gasteiger partial charge in [-0.2, -0.15) is 0 Å². The molecule has 104 valence electrons. The van der Waals surface area contributed by atoms with Gasteiger partial charge in [0, 0.05) is 5.69 Å². The molecular formula is C15H14F2N2O. The van der Waals surface area contributed by atoms with E-state index in [1.54, 1.807) is 31.2 Å². The minimum atomic E-state index is -0.807. The molecule has 2 aromatic rings. The quantitative estimate of drug-likeness (QED) is 0.845. The molecule has 1 atom stereocenters. The third-order valence-electron chi connectivity index (χ3n) is 3.01. The predicted octanol–water partition coefficient (Wildman–Crippen LogP) is 3.29. The predicted molar refractivity (Wildman–Crippen MR) is 74.3 cm³/mol. The zero-order valence-corrected chi connectivity index (χ0v) is 10.9. The number of amides is 1. The fourth-order valence-corrected chi connectivity index (χ4v) is 1.83. The van der Waals surface area contributed by atoms with Crippen molar-refractivity contribution in [1.82, 2.24) is 0 Å². The number of halogens is 2. The van der Waals surface area contributed by atoms with Crippen molar-refractivity contribution in [2.45, 2.75) is 12.8 Å². The molecule has 1 unspecified atom stereocenters. The molecule has 0 saturated heterocycles. The average Bonchev–Trinajstić information content (AvgIpc) is 2.42. The van der Waals surface area contributed by atoms with Crippen LogP contribution in [0.5, 0.6) is 0 Å². The van der Waals surface area contributed by atoms with Crippen LogP contribution in [0.2, 0.25) is 0 Å². The van der Waals surface area contributed by atoms with Crippen molar-refractivity contribution >= 4 is 17.3 Å². The highest BCUT2D eigenvalue weighted by Gasteiger charge is 2.18. The molecule has 5 heteroatoms. The van der Waals surface area contributed by atoms with Crippen LogP contribution in [0.4, 0.5) is 20.2 Å². The Bertz CT molecular complexity index is 623. The molecule has 0 aliphatic carbocycles. The molecule has 3 N–H and O–H groups in total. The maximum Gasteiger partial charge on any atom is 0.231 e. The number of carbonyl (C=O) groups excluding carboxylic acids is 1. The molecule has 20 heavy (non-hydrogen) atoms. The Balaban J connectivity index is 2.20. The summed E-state index contributed by atoms with van der Waals surface area (Å²) in [5.74, 6) is -2.69. The number of anilines is 2. The fourth-order valence-electron chi connectivity index (χ4n) is 1.83.